The molecule has 0 saturated carbocycles. The van der Waals surface area contributed by atoms with E-state index in [1.165, 1.54) is 32.1 Å². The molecule has 0 spiro atoms. The fourth-order valence-corrected chi connectivity index (χ4v) is 2.56. The quantitative estimate of drug-likeness (QED) is 0.489. The van der Waals surface area contributed by atoms with E-state index in [0.717, 1.165) is 25.9 Å². The summed E-state index contributed by atoms with van der Waals surface area (Å²) in [5.74, 6) is 1.42. The number of unbranched alkanes of at least 4 members (excludes halogenated alkanes) is 5. The van der Waals surface area contributed by atoms with Crippen molar-refractivity contribution in [2.24, 2.45) is 0 Å². The molecule has 0 saturated heterocycles. The standard InChI is InChI=1S/C16H27Cl2N3/c1-3-5-6-7-8-9-11-20-16-14(18)12-13(17)15(21-16)19-10-4-2/h12H,3-11H2,1-2H3,(H2,19,20,21). The monoisotopic (exact) mass is 331 g/mol. The Hall–Kier alpha value is -0.670. The molecule has 3 nitrogen and oxygen atoms in total. The number of nitrogens with one attached hydrogen (secondary N) is 2. The van der Waals surface area contributed by atoms with Gasteiger partial charge in [-0.15, -0.1) is 0 Å². The summed E-state index contributed by atoms with van der Waals surface area (Å²) in [5.41, 5.74) is 0. The zero-order chi connectivity index (χ0) is 15.5. The maximum Gasteiger partial charge on any atom is 0.147 e. The average molecular weight is 332 g/mol. The molecule has 0 aliphatic heterocycles. The van der Waals surface area contributed by atoms with Gasteiger partial charge in [0.2, 0.25) is 0 Å². The van der Waals surface area contributed by atoms with Gasteiger partial charge in [-0.1, -0.05) is 69.2 Å². The summed E-state index contributed by atoms with van der Waals surface area (Å²) in [6, 6.07) is 1.75. The van der Waals surface area contributed by atoms with Crippen LogP contribution in [0.25, 0.3) is 0 Å². The van der Waals surface area contributed by atoms with Gasteiger partial charge in [-0.3, -0.25) is 0 Å². The Balaban J connectivity index is 2.39. The number of nitrogens with zero attached hydrogens (tertiary/aromatic N) is 1. The molecule has 5 heteroatoms. The zero-order valence-corrected chi connectivity index (χ0v) is 14.7. The maximum absolute atomic E-state index is 6.18. The molecule has 1 rings (SSSR count). The highest BCUT2D eigenvalue weighted by Gasteiger charge is 2.08. The molecule has 0 unspecified atom stereocenters. The van der Waals surface area contributed by atoms with Crippen LogP contribution in [0.5, 0.6) is 0 Å². The third-order valence-electron chi connectivity index (χ3n) is 3.29. The van der Waals surface area contributed by atoms with Crippen LogP contribution in [0.4, 0.5) is 11.6 Å². The van der Waals surface area contributed by atoms with Gasteiger partial charge in [0, 0.05) is 13.1 Å². The van der Waals surface area contributed by atoms with Gasteiger partial charge in [0.05, 0.1) is 10.0 Å². The summed E-state index contributed by atoms with van der Waals surface area (Å²) in [6.45, 7) is 6.09. The molecule has 1 heterocycles. The van der Waals surface area contributed by atoms with E-state index in [-0.39, 0.29) is 0 Å². The van der Waals surface area contributed by atoms with Crippen LogP contribution in [0.15, 0.2) is 6.07 Å². The first-order valence-corrected chi connectivity index (χ1v) is 8.78. The van der Waals surface area contributed by atoms with E-state index >= 15 is 0 Å². The van der Waals surface area contributed by atoms with Gasteiger partial charge in [-0.05, 0) is 18.9 Å². The second kappa shape index (κ2) is 11.0. The zero-order valence-electron chi connectivity index (χ0n) is 13.1. The lowest BCUT2D eigenvalue weighted by Gasteiger charge is -2.12. The van der Waals surface area contributed by atoms with Crippen molar-refractivity contribution in [3.8, 4) is 0 Å². The second-order valence-corrected chi connectivity index (χ2v) is 6.08. The molecule has 0 amide bonds. The number of halogens is 2. The predicted octanol–water partition coefficient (Wildman–Crippen LogP) is 5.98. The Labute approximate surface area is 138 Å². The Kier molecular flexibility index (Phi) is 9.60. The molecule has 21 heavy (non-hydrogen) atoms. The fraction of sp³-hybridized carbons (Fsp3) is 0.688. The summed E-state index contributed by atoms with van der Waals surface area (Å²) < 4.78 is 0. The molecular weight excluding hydrogens is 305 g/mol. The first kappa shape index (κ1) is 18.4. The Bertz CT molecular complexity index is 411. The summed E-state index contributed by atoms with van der Waals surface area (Å²) in [6.07, 6.45) is 8.69. The van der Waals surface area contributed by atoms with Crippen molar-refractivity contribution in [2.45, 2.75) is 58.8 Å². The van der Waals surface area contributed by atoms with Gasteiger partial charge in [-0.25, -0.2) is 4.98 Å². The van der Waals surface area contributed by atoms with Crippen molar-refractivity contribution in [1.29, 1.82) is 0 Å². The Morgan fingerprint density at radius 1 is 0.810 bits per heavy atom. The Morgan fingerprint density at radius 2 is 1.38 bits per heavy atom. The third kappa shape index (κ3) is 7.23. The number of hydrogen-bond donors (Lipinski definition) is 2. The smallest absolute Gasteiger partial charge is 0.147 e. The first-order valence-electron chi connectivity index (χ1n) is 8.02. The van der Waals surface area contributed by atoms with Crippen molar-refractivity contribution in [3.63, 3.8) is 0 Å². The molecule has 0 aromatic carbocycles. The minimum Gasteiger partial charge on any atom is -0.369 e. The molecule has 120 valence electrons. The molecule has 1 aromatic rings. The molecule has 0 aliphatic rings. The van der Waals surface area contributed by atoms with Crippen LogP contribution in [0.3, 0.4) is 0 Å². The number of pyridine rings is 1. The molecule has 0 atom stereocenters. The van der Waals surface area contributed by atoms with E-state index in [4.69, 9.17) is 23.2 Å². The van der Waals surface area contributed by atoms with Crippen LogP contribution in [-0.2, 0) is 0 Å². The summed E-state index contributed by atoms with van der Waals surface area (Å²) in [7, 11) is 0. The molecular formula is C16H27Cl2N3. The van der Waals surface area contributed by atoms with Crippen LogP contribution < -0.4 is 10.6 Å². The number of rotatable bonds is 11. The minimum absolute atomic E-state index is 0.568. The molecule has 0 aliphatic carbocycles. The number of hydrogen-bond acceptors (Lipinski definition) is 3. The highest BCUT2D eigenvalue weighted by molar-refractivity contribution is 6.37. The van der Waals surface area contributed by atoms with Gasteiger partial charge in [-0.2, -0.15) is 0 Å². The molecule has 2 N–H and O–H groups in total. The number of anilines is 2. The van der Waals surface area contributed by atoms with Crippen LogP contribution >= 0.6 is 23.2 Å². The lowest BCUT2D eigenvalue weighted by atomic mass is 10.1. The maximum atomic E-state index is 6.18. The predicted molar refractivity (Wildman–Crippen MR) is 94.9 cm³/mol. The van der Waals surface area contributed by atoms with Crippen LogP contribution in [-0.4, -0.2) is 18.1 Å². The van der Waals surface area contributed by atoms with Gasteiger partial charge >= 0.3 is 0 Å². The van der Waals surface area contributed by atoms with Crippen molar-refractivity contribution in [1.82, 2.24) is 4.98 Å². The topological polar surface area (TPSA) is 37.0 Å². The Morgan fingerprint density at radius 3 is 2.00 bits per heavy atom. The largest absolute Gasteiger partial charge is 0.369 e. The third-order valence-corrected chi connectivity index (χ3v) is 3.87. The van der Waals surface area contributed by atoms with E-state index in [9.17, 15) is 0 Å². The van der Waals surface area contributed by atoms with E-state index in [1.807, 2.05) is 0 Å². The second-order valence-electron chi connectivity index (χ2n) is 5.27. The first-order chi connectivity index (χ1) is 10.2. The van der Waals surface area contributed by atoms with Crippen LogP contribution in [0.2, 0.25) is 10.0 Å². The SMILES string of the molecule is CCCCCCCCNc1nc(NCCC)c(Cl)cc1Cl. The van der Waals surface area contributed by atoms with Crippen molar-refractivity contribution in [2.75, 3.05) is 23.7 Å². The van der Waals surface area contributed by atoms with Gasteiger partial charge < -0.3 is 10.6 Å². The normalized spacial score (nSPS) is 10.7. The van der Waals surface area contributed by atoms with E-state index in [2.05, 4.69) is 29.5 Å². The van der Waals surface area contributed by atoms with E-state index < -0.39 is 0 Å². The van der Waals surface area contributed by atoms with Gasteiger partial charge in [0.25, 0.3) is 0 Å². The average Bonchev–Trinajstić information content (AvgIpc) is 2.47. The van der Waals surface area contributed by atoms with Crippen LogP contribution in [0.1, 0.15) is 58.8 Å². The number of aromatic nitrogens is 1. The minimum atomic E-state index is 0.568. The molecule has 0 fully saturated rings. The van der Waals surface area contributed by atoms with E-state index in [0.29, 0.717) is 21.7 Å². The van der Waals surface area contributed by atoms with Gasteiger partial charge in [0.1, 0.15) is 11.6 Å². The van der Waals surface area contributed by atoms with Crippen molar-refractivity contribution < 1.29 is 0 Å². The lowest BCUT2D eigenvalue weighted by molar-refractivity contribution is 0.617. The summed E-state index contributed by atoms with van der Waals surface area (Å²) in [4.78, 5) is 4.47. The van der Waals surface area contributed by atoms with Gasteiger partial charge in [0.15, 0.2) is 0 Å². The molecule has 0 bridgehead atoms. The lowest BCUT2D eigenvalue weighted by Crippen LogP contribution is -2.08. The van der Waals surface area contributed by atoms with Crippen molar-refractivity contribution in [3.05, 3.63) is 16.1 Å². The van der Waals surface area contributed by atoms with E-state index in [1.54, 1.807) is 6.07 Å². The molecule has 0 radical (unpaired) electrons. The summed E-state index contributed by atoms with van der Waals surface area (Å²) in [5, 5.41) is 7.66. The fourth-order valence-electron chi connectivity index (χ4n) is 2.07. The van der Waals surface area contributed by atoms with Crippen LogP contribution in [0, 0.1) is 0 Å². The summed E-state index contributed by atoms with van der Waals surface area (Å²) >= 11 is 12.3. The highest BCUT2D eigenvalue weighted by atomic mass is 35.5. The highest BCUT2D eigenvalue weighted by Crippen LogP contribution is 2.29. The van der Waals surface area contributed by atoms with Crippen molar-refractivity contribution >= 4 is 34.8 Å². The molecule has 1 aromatic heterocycles.